The fourth-order valence-electron chi connectivity index (χ4n) is 2.79. The van der Waals surface area contributed by atoms with Crippen LogP contribution in [0.25, 0.3) is 0 Å². The highest BCUT2D eigenvalue weighted by Gasteiger charge is 2.28. The predicted molar refractivity (Wildman–Crippen MR) is 67.7 cm³/mol. The molecule has 2 atom stereocenters. The van der Waals surface area contributed by atoms with Crippen molar-refractivity contribution < 1.29 is 9.53 Å². The van der Waals surface area contributed by atoms with Gasteiger partial charge in [0.15, 0.2) is 0 Å². The largest absolute Gasteiger partial charge is 0.377 e. The Kier molecular flexibility index (Phi) is 4.60. The van der Waals surface area contributed by atoms with Crippen molar-refractivity contribution in [2.75, 3.05) is 19.7 Å². The second-order valence-corrected chi connectivity index (χ2v) is 4.99. The van der Waals surface area contributed by atoms with Gasteiger partial charge in [0.1, 0.15) is 0 Å². The third-order valence-electron chi connectivity index (χ3n) is 3.71. The zero-order valence-corrected chi connectivity index (χ0v) is 10.7. The summed E-state index contributed by atoms with van der Waals surface area (Å²) in [5.74, 6) is 0.569. The zero-order valence-electron chi connectivity index (χ0n) is 10.7. The number of nitrogens with zero attached hydrogens (tertiary/aromatic N) is 1. The van der Waals surface area contributed by atoms with Crippen LogP contribution in [0.3, 0.4) is 0 Å². The van der Waals surface area contributed by atoms with Crippen LogP contribution in [-0.4, -0.2) is 36.6 Å². The van der Waals surface area contributed by atoms with Crippen LogP contribution in [0, 0.1) is 5.92 Å². The Morgan fingerprint density at radius 2 is 2.29 bits per heavy atom. The molecule has 1 aliphatic carbocycles. The van der Waals surface area contributed by atoms with Crippen LogP contribution in [0.2, 0.25) is 0 Å². The molecule has 1 aliphatic heterocycles. The SMILES string of the molecule is CCOC1CCCN(C(=O)C2CC=CCC2)C1. The first kappa shape index (κ1) is 12.6. The van der Waals surface area contributed by atoms with Gasteiger partial charge >= 0.3 is 0 Å². The number of amides is 1. The third-order valence-corrected chi connectivity index (χ3v) is 3.71. The molecule has 2 unspecified atom stereocenters. The molecule has 0 aromatic rings. The molecule has 0 aromatic heterocycles. The van der Waals surface area contributed by atoms with E-state index in [1.807, 2.05) is 11.8 Å². The number of hydrogen-bond donors (Lipinski definition) is 0. The highest BCUT2D eigenvalue weighted by Crippen LogP contribution is 2.23. The van der Waals surface area contributed by atoms with Gasteiger partial charge in [-0.25, -0.2) is 0 Å². The standard InChI is InChI=1S/C14H23NO2/c1-2-17-13-9-6-10-15(11-13)14(16)12-7-4-3-5-8-12/h3-4,12-13H,2,5-11H2,1H3. The van der Waals surface area contributed by atoms with Crippen LogP contribution >= 0.6 is 0 Å². The minimum Gasteiger partial charge on any atom is -0.377 e. The quantitative estimate of drug-likeness (QED) is 0.705. The first-order valence-electron chi connectivity index (χ1n) is 6.86. The highest BCUT2D eigenvalue weighted by atomic mass is 16.5. The zero-order chi connectivity index (χ0) is 12.1. The molecule has 2 aliphatic rings. The predicted octanol–water partition coefficient (Wildman–Crippen LogP) is 2.37. The minimum atomic E-state index is 0.223. The number of ether oxygens (including phenoxy) is 1. The van der Waals surface area contributed by atoms with E-state index in [9.17, 15) is 4.79 Å². The summed E-state index contributed by atoms with van der Waals surface area (Å²) in [6, 6.07) is 0. The summed E-state index contributed by atoms with van der Waals surface area (Å²) in [6.07, 6.45) is 9.77. The normalized spacial score (nSPS) is 29.4. The second kappa shape index (κ2) is 6.20. The van der Waals surface area contributed by atoms with Gasteiger partial charge in [-0.15, -0.1) is 0 Å². The second-order valence-electron chi connectivity index (χ2n) is 4.99. The van der Waals surface area contributed by atoms with Gasteiger partial charge in [0.25, 0.3) is 0 Å². The Hall–Kier alpha value is -0.830. The lowest BCUT2D eigenvalue weighted by Gasteiger charge is -2.35. The lowest BCUT2D eigenvalue weighted by Crippen LogP contribution is -2.45. The summed E-state index contributed by atoms with van der Waals surface area (Å²) in [6.45, 7) is 4.49. The topological polar surface area (TPSA) is 29.5 Å². The Balaban J connectivity index is 1.87. The summed E-state index contributed by atoms with van der Waals surface area (Å²) in [5, 5.41) is 0. The smallest absolute Gasteiger partial charge is 0.226 e. The highest BCUT2D eigenvalue weighted by molar-refractivity contribution is 5.79. The van der Waals surface area contributed by atoms with E-state index in [0.29, 0.717) is 5.91 Å². The number of piperidine rings is 1. The number of likely N-dealkylation sites (tertiary alicyclic amines) is 1. The van der Waals surface area contributed by atoms with E-state index in [2.05, 4.69) is 12.2 Å². The number of allylic oxidation sites excluding steroid dienone is 2. The molecule has 0 spiro atoms. The Morgan fingerprint density at radius 3 is 3.00 bits per heavy atom. The van der Waals surface area contributed by atoms with Crippen molar-refractivity contribution >= 4 is 5.91 Å². The molecule has 0 aromatic carbocycles. The Labute approximate surface area is 104 Å². The van der Waals surface area contributed by atoms with E-state index in [1.54, 1.807) is 0 Å². The molecule has 3 nitrogen and oxygen atoms in total. The van der Waals surface area contributed by atoms with E-state index < -0.39 is 0 Å². The van der Waals surface area contributed by atoms with Gasteiger partial charge in [0.2, 0.25) is 5.91 Å². The van der Waals surface area contributed by atoms with Crippen molar-refractivity contribution in [3.05, 3.63) is 12.2 Å². The Bertz CT molecular complexity index is 286. The van der Waals surface area contributed by atoms with Crippen LogP contribution < -0.4 is 0 Å². The average Bonchev–Trinajstić information content (AvgIpc) is 2.40. The molecule has 0 N–H and O–H groups in total. The molecule has 1 fully saturated rings. The number of carbonyl (C=O) groups is 1. The van der Waals surface area contributed by atoms with Gasteiger partial charge in [-0.3, -0.25) is 4.79 Å². The Morgan fingerprint density at radius 1 is 1.41 bits per heavy atom. The minimum absolute atomic E-state index is 0.223. The van der Waals surface area contributed by atoms with Crippen molar-refractivity contribution in [2.45, 2.75) is 45.1 Å². The van der Waals surface area contributed by atoms with Gasteiger partial charge in [-0.2, -0.15) is 0 Å². The molecule has 1 heterocycles. The first-order chi connectivity index (χ1) is 8.31. The fourth-order valence-corrected chi connectivity index (χ4v) is 2.79. The van der Waals surface area contributed by atoms with Crippen molar-refractivity contribution in [2.24, 2.45) is 5.92 Å². The molecule has 17 heavy (non-hydrogen) atoms. The maximum Gasteiger partial charge on any atom is 0.226 e. The summed E-state index contributed by atoms with van der Waals surface area (Å²) in [5.41, 5.74) is 0. The van der Waals surface area contributed by atoms with E-state index >= 15 is 0 Å². The molecule has 96 valence electrons. The summed E-state index contributed by atoms with van der Waals surface area (Å²) < 4.78 is 5.64. The van der Waals surface area contributed by atoms with Crippen LogP contribution in [0.4, 0.5) is 0 Å². The van der Waals surface area contributed by atoms with Gasteiger partial charge in [-0.05, 0) is 39.0 Å². The lowest BCUT2D eigenvalue weighted by molar-refractivity contribution is -0.139. The molecule has 1 amide bonds. The number of rotatable bonds is 3. The molecular weight excluding hydrogens is 214 g/mol. The maximum atomic E-state index is 12.3. The van der Waals surface area contributed by atoms with E-state index in [0.717, 1.165) is 51.8 Å². The van der Waals surface area contributed by atoms with Crippen LogP contribution in [0.15, 0.2) is 12.2 Å². The fraction of sp³-hybridized carbons (Fsp3) is 0.786. The lowest BCUT2D eigenvalue weighted by atomic mass is 9.92. The molecule has 0 radical (unpaired) electrons. The monoisotopic (exact) mass is 237 g/mol. The van der Waals surface area contributed by atoms with Crippen molar-refractivity contribution in [3.63, 3.8) is 0 Å². The van der Waals surface area contributed by atoms with Crippen molar-refractivity contribution in [1.29, 1.82) is 0 Å². The van der Waals surface area contributed by atoms with Crippen LogP contribution in [-0.2, 0) is 9.53 Å². The maximum absolute atomic E-state index is 12.3. The van der Waals surface area contributed by atoms with Crippen LogP contribution in [0.1, 0.15) is 39.0 Å². The molecule has 0 bridgehead atoms. The molecule has 3 heteroatoms. The van der Waals surface area contributed by atoms with Gasteiger partial charge in [0, 0.05) is 25.6 Å². The summed E-state index contributed by atoms with van der Waals surface area (Å²) in [7, 11) is 0. The van der Waals surface area contributed by atoms with Crippen molar-refractivity contribution in [3.8, 4) is 0 Å². The van der Waals surface area contributed by atoms with Crippen molar-refractivity contribution in [1.82, 2.24) is 4.90 Å². The summed E-state index contributed by atoms with van der Waals surface area (Å²) in [4.78, 5) is 14.4. The first-order valence-corrected chi connectivity index (χ1v) is 6.86. The number of hydrogen-bond acceptors (Lipinski definition) is 2. The van der Waals surface area contributed by atoms with E-state index in [1.165, 1.54) is 0 Å². The van der Waals surface area contributed by atoms with Crippen LogP contribution in [0.5, 0.6) is 0 Å². The number of carbonyl (C=O) groups excluding carboxylic acids is 1. The average molecular weight is 237 g/mol. The molecule has 2 rings (SSSR count). The third kappa shape index (κ3) is 3.32. The molecule has 0 saturated carbocycles. The van der Waals surface area contributed by atoms with E-state index in [-0.39, 0.29) is 12.0 Å². The van der Waals surface area contributed by atoms with E-state index in [4.69, 9.17) is 4.74 Å². The summed E-state index contributed by atoms with van der Waals surface area (Å²) >= 11 is 0. The van der Waals surface area contributed by atoms with Gasteiger partial charge in [0.05, 0.1) is 6.10 Å². The molecular formula is C14H23NO2. The van der Waals surface area contributed by atoms with Gasteiger partial charge < -0.3 is 9.64 Å². The molecule has 1 saturated heterocycles. The van der Waals surface area contributed by atoms with Gasteiger partial charge in [-0.1, -0.05) is 12.2 Å².